The number of carbonyl (C=O) groups is 1. The first-order chi connectivity index (χ1) is 15.0. The molecule has 4 rings (SSSR count). The fraction of sp³-hybridized carbons (Fsp3) is 0.400. The van der Waals surface area contributed by atoms with Gasteiger partial charge in [0, 0.05) is 42.4 Å². The molecule has 3 aromatic rings. The summed E-state index contributed by atoms with van der Waals surface area (Å²) < 4.78 is 13.1. The fourth-order valence-electron chi connectivity index (χ4n) is 4.24. The molecular weight excluding hydrogens is 390 g/mol. The minimum absolute atomic E-state index is 0.0681. The minimum Gasteiger partial charge on any atom is -0.494 e. The Morgan fingerprint density at radius 2 is 1.87 bits per heavy atom. The first-order valence-electron chi connectivity index (χ1n) is 10.9. The molecule has 0 unspecified atom stereocenters. The molecule has 0 spiro atoms. The van der Waals surface area contributed by atoms with Gasteiger partial charge in [-0.05, 0) is 56.7 Å². The van der Waals surface area contributed by atoms with E-state index in [0.29, 0.717) is 12.2 Å². The molecule has 6 nitrogen and oxygen atoms in total. The van der Waals surface area contributed by atoms with E-state index < -0.39 is 0 Å². The van der Waals surface area contributed by atoms with E-state index in [-0.39, 0.29) is 11.9 Å². The second-order valence-corrected chi connectivity index (χ2v) is 8.02. The summed E-state index contributed by atoms with van der Waals surface area (Å²) in [6.45, 7) is 9.92. The quantitative estimate of drug-likeness (QED) is 0.648. The van der Waals surface area contributed by atoms with Gasteiger partial charge in [0.2, 0.25) is 0 Å². The van der Waals surface area contributed by atoms with Crippen LogP contribution in [0.5, 0.6) is 5.75 Å². The lowest BCUT2D eigenvalue weighted by Gasteiger charge is -2.29. The highest BCUT2D eigenvalue weighted by atomic mass is 16.5. The van der Waals surface area contributed by atoms with E-state index in [1.807, 2.05) is 46.0 Å². The normalized spacial score (nSPS) is 15.2. The number of aromatic nitrogens is 1. The fourth-order valence-corrected chi connectivity index (χ4v) is 4.24. The monoisotopic (exact) mass is 421 g/mol. The maximum Gasteiger partial charge on any atom is 0.254 e. The van der Waals surface area contributed by atoms with Crippen LogP contribution in [-0.2, 0) is 11.8 Å². The van der Waals surface area contributed by atoms with Gasteiger partial charge < -0.3 is 24.3 Å². The summed E-state index contributed by atoms with van der Waals surface area (Å²) in [6, 6.07) is 14.3. The molecule has 2 heterocycles. The van der Waals surface area contributed by atoms with Crippen LogP contribution in [0.15, 0.2) is 42.5 Å². The van der Waals surface area contributed by atoms with Crippen molar-refractivity contribution >= 4 is 22.5 Å². The van der Waals surface area contributed by atoms with E-state index in [1.54, 1.807) is 0 Å². The van der Waals surface area contributed by atoms with Gasteiger partial charge in [-0.25, -0.2) is 0 Å². The lowest BCUT2D eigenvalue weighted by Crippen LogP contribution is -2.36. The Morgan fingerprint density at radius 3 is 2.55 bits per heavy atom. The average Bonchev–Trinajstić information content (AvgIpc) is 3.04. The number of carbonyl (C=O) groups excluding carboxylic acids is 1. The Labute approximate surface area is 183 Å². The molecule has 1 aliphatic rings. The highest BCUT2D eigenvalue weighted by Gasteiger charge is 2.21. The molecule has 0 radical (unpaired) electrons. The molecule has 1 amide bonds. The summed E-state index contributed by atoms with van der Waals surface area (Å²) in [5.41, 5.74) is 4.94. The maximum atomic E-state index is 13.3. The number of rotatable bonds is 6. The number of anilines is 1. The van der Waals surface area contributed by atoms with Crippen molar-refractivity contribution < 1.29 is 14.3 Å². The summed E-state index contributed by atoms with van der Waals surface area (Å²) in [6.07, 6.45) is 0. The second kappa shape index (κ2) is 9.02. The van der Waals surface area contributed by atoms with Gasteiger partial charge in [0.15, 0.2) is 0 Å². The van der Waals surface area contributed by atoms with E-state index in [9.17, 15) is 4.79 Å². The van der Waals surface area contributed by atoms with Crippen molar-refractivity contribution in [2.75, 3.05) is 37.8 Å². The van der Waals surface area contributed by atoms with Gasteiger partial charge in [-0.1, -0.05) is 12.1 Å². The SMILES string of the molecule is CCOc1ccc2c(c1)c(C(=O)N[C@@H](C)c1ccc(N3CCOCC3)cc1)c(C)n2C. The van der Waals surface area contributed by atoms with Crippen LogP contribution in [0, 0.1) is 6.92 Å². The molecule has 0 bridgehead atoms. The zero-order valence-electron chi connectivity index (χ0n) is 18.8. The predicted octanol–water partition coefficient (Wildman–Crippen LogP) is 4.21. The molecule has 31 heavy (non-hydrogen) atoms. The highest BCUT2D eigenvalue weighted by molar-refractivity contribution is 6.08. The lowest BCUT2D eigenvalue weighted by molar-refractivity contribution is 0.0940. The van der Waals surface area contributed by atoms with Crippen LogP contribution in [0.4, 0.5) is 5.69 Å². The topological polar surface area (TPSA) is 55.7 Å². The maximum absolute atomic E-state index is 13.3. The molecule has 1 N–H and O–H groups in total. The van der Waals surface area contributed by atoms with Gasteiger partial charge in [-0.15, -0.1) is 0 Å². The van der Waals surface area contributed by atoms with E-state index in [2.05, 4.69) is 39.0 Å². The Kier molecular flexibility index (Phi) is 6.18. The Morgan fingerprint density at radius 1 is 1.16 bits per heavy atom. The zero-order chi connectivity index (χ0) is 22.0. The van der Waals surface area contributed by atoms with Crippen molar-refractivity contribution in [3.8, 4) is 5.75 Å². The van der Waals surface area contributed by atoms with Crippen LogP contribution >= 0.6 is 0 Å². The van der Waals surface area contributed by atoms with Crippen LogP contribution < -0.4 is 15.0 Å². The standard InChI is InChI=1S/C25H31N3O3/c1-5-31-21-10-11-23-22(16-21)24(18(3)27(23)4)25(29)26-17(2)19-6-8-20(9-7-19)28-12-14-30-15-13-28/h6-11,16-17H,5,12-15H2,1-4H3,(H,26,29)/t17-/m0/s1. The van der Waals surface area contributed by atoms with Gasteiger partial charge in [-0.2, -0.15) is 0 Å². The average molecular weight is 422 g/mol. The minimum atomic E-state index is -0.101. The Hall–Kier alpha value is -2.99. The highest BCUT2D eigenvalue weighted by Crippen LogP contribution is 2.29. The smallest absolute Gasteiger partial charge is 0.254 e. The second-order valence-electron chi connectivity index (χ2n) is 8.02. The van der Waals surface area contributed by atoms with Crippen molar-refractivity contribution in [2.45, 2.75) is 26.8 Å². The van der Waals surface area contributed by atoms with Gasteiger partial charge >= 0.3 is 0 Å². The summed E-state index contributed by atoms with van der Waals surface area (Å²) in [4.78, 5) is 15.6. The number of aryl methyl sites for hydroxylation is 1. The Balaban J connectivity index is 1.54. The van der Waals surface area contributed by atoms with Crippen LogP contribution in [0.3, 0.4) is 0 Å². The van der Waals surface area contributed by atoms with Crippen molar-refractivity contribution in [3.05, 3.63) is 59.3 Å². The number of morpholine rings is 1. The number of hydrogen-bond acceptors (Lipinski definition) is 4. The molecule has 2 aromatic carbocycles. The third kappa shape index (κ3) is 4.26. The summed E-state index contributed by atoms with van der Waals surface area (Å²) in [7, 11) is 1.99. The molecule has 0 saturated carbocycles. The molecule has 164 valence electrons. The number of amides is 1. The zero-order valence-corrected chi connectivity index (χ0v) is 18.8. The Bertz CT molecular complexity index is 1070. The molecule has 0 aliphatic carbocycles. The molecular formula is C25H31N3O3. The van der Waals surface area contributed by atoms with Crippen LogP contribution in [0.25, 0.3) is 10.9 Å². The van der Waals surface area contributed by atoms with Gasteiger partial charge in [0.1, 0.15) is 5.75 Å². The third-order valence-corrected chi connectivity index (χ3v) is 6.12. The van der Waals surface area contributed by atoms with Crippen molar-refractivity contribution in [1.82, 2.24) is 9.88 Å². The number of ether oxygens (including phenoxy) is 2. The van der Waals surface area contributed by atoms with Crippen LogP contribution in [0.1, 0.15) is 41.5 Å². The summed E-state index contributed by atoms with van der Waals surface area (Å²) in [5, 5.41) is 4.10. The van der Waals surface area contributed by atoms with Crippen molar-refractivity contribution in [2.24, 2.45) is 7.05 Å². The van der Waals surface area contributed by atoms with Crippen molar-refractivity contribution in [3.63, 3.8) is 0 Å². The molecule has 1 aliphatic heterocycles. The number of nitrogens with one attached hydrogen (secondary N) is 1. The van der Waals surface area contributed by atoms with E-state index in [0.717, 1.165) is 54.2 Å². The molecule has 1 saturated heterocycles. The first kappa shape index (κ1) is 21.2. The first-order valence-corrected chi connectivity index (χ1v) is 10.9. The van der Waals surface area contributed by atoms with Gasteiger partial charge in [0.25, 0.3) is 5.91 Å². The number of hydrogen-bond donors (Lipinski definition) is 1. The molecule has 1 fully saturated rings. The number of nitrogens with zero attached hydrogens (tertiary/aromatic N) is 2. The van der Waals surface area contributed by atoms with E-state index in [4.69, 9.17) is 9.47 Å². The largest absolute Gasteiger partial charge is 0.494 e. The number of benzene rings is 2. The van der Waals surface area contributed by atoms with Gasteiger partial charge in [-0.3, -0.25) is 4.79 Å². The molecule has 1 aromatic heterocycles. The number of fused-ring (bicyclic) bond motifs is 1. The van der Waals surface area contributed by atoms with Crippen molar-refractivity contribution in [1.29, 1.82) is 0 Å². The van der Waals surface area contributed by atoms with E-state index >= 15 is 0 Å². The van der Waals surface area contributed by atoms with Gasteiger partial charge in [0.05, 0.1) is 31.4 Å². The summed E-state index contributed by atoms with van der Waals surface area (Å²) >= 11 is 0. The summed E-state index contributed by atoms with van der Waals surface area (Å²) in [5.74, 6) is 0.711. The third-order valence-electron chi connectivity index (χ3n) is 6.12. The van der Waals surface area contributed by atoms with Crippen LogP contribution in [0.2, 0.25) is 0 Å². The van der Waals surface area contributed by atoms with Crippen LogP contribution in [-0.4, -0.2) is 43.4 Å². The lowest BCUT2D eigenvalue weighted by atomic mass is 10.1. The van der Waals surface area contributed by atoms with E-state index in [1.165, 1.54) is 5.69 Å². The molecule has 1 atom stereocenters. The predicted molar refractivity (Wildman–Crippen MR) is 124 cm³/mol. The molecule has 6 heteroatoms.